The Bertz CT molecular complexity index is 750. The highest BCUT2D eigenvalue weighted by molar-refractivity contribution is 7.10. The van der Waals surface area contributed by atoms with Gasteiger partial charge in [0.25, 0.3) is 0 Å². The molecule has 4 nitrogen and oxygen atoms in total. The van der Waals surface area contributed by atoms with Crippen LogP contribution in [-0.4, -0.2) is 14.7 Å². The largest absolute Gasteiger partial charge is 0.363 e. The van der Waals surface area contributed by atoms with Crippen LogP contribution in [0.2, 0.25) is 0 Å². The summed E-state index contributed by atoms with van der Waals surface area (Å²) in [7, 11) is 0. The standard InChI is InChI=1S/C15H15N3OS/c1-9-7-12(10(2)18(9)14-5-6-19-17-14)13-8-20-15(16-13)11-3-4-11/h5-8,11H,3-4H2,1-2H3. The Morgan fingerprint density at radius 3 is 2.90 bits per heavy atom. The molecule has 1 aliphatic carbocycles. The van der Waals surface area contributed by atoms with Crippen molar-refractivity contribution in [2.75, 3.05) is 0 Å². The van der Waals surface area contributed by atoms with Gasteiger partial charge in [-0.1, -0.05) is 5.16 Å². The second kappa shape index (κ2) is 4.31. The van der Waals surface area contributed by atoms with Gasteiger partial charge in [-0.15, -0.1) is 11.3 Å². The van der Waals surface area contributed by atoms with Crippen LogP contribution in [0.25, 0.3) is 17.1 Å². The first-order valence-corrected chi connectivity index (χ1v) is 7.67. The van der Waals surface area contributed by atoms with Crippen molar-refractivity contribution in [2.24, 2.45) is 0 Å². The lowest BCUT2D eigenvalue weighted by atomic mass is 10.2. The molecule has 0 aromatic carbocycles. The lowest BCUT2D eigenvalue weighted by Gasteiger charge is -2.04. The number of thiazole rings is 1. The second-order valence-electron chi connectivity index (χ2n) is 5.32. The maximum absolute atomic E-state index is 4.95. The van der Waals surface area contributed by atoms with Gasteiger partial charge in [0.15, 0.2) is 5.82 Å². The molecule has 0 unspecified atom stereocenters. The minimum absolute atomic E-state index is 0.716. The van der Waals surface area contributed by atoms with E-state index < -0.39 is 0 Å². The van der Waals surface area contributed by atoms with Gasteiger partial charge in [-0.25, -0.2) is 4.98 Å². The predicted molar refractivity (Wildman–Crippen MR) is 78.4 cm³/mol. The highest BCUT2D eigenvalue weighted by atomic mass is 32.1. The van der Waals surface area contributed by atoms with Gasteiger partial charge in [0.2, 0.25) is 0 Å². The van der Waals surface area contributed by atoms with Crippen LogP contribution in [0.15, 0.2) is 28.3 Å². The zero-order valence-corrected chi connectivity index (χ0v) is 12.3. The van der Waals surface area contributed by atoms with Crippen molar-refractivity contribution in [2.45, 2.75) is 32.6 Å². The molecule has 4 rings (SSSR count). The Morgan fingerprint density at radius 1 is 1.35 bits per heavy atom. The third-order valence-electron chi connectivity index (χ3n) is 3.81. The quantitative estimate of drug-likeness (QED) is 0.728. The van der Waals surface area contributed by atoms with Crippen LogP contribution in [0.4, 0.5) is 0 Å². The van der Waals surface area contributed by atoms with Crippen LogP contribution in [0.3, 0.4) is 0 Å². The molecule has 1 fully saturated rings. The van der Waals surface area contributed by atoms with Gasteiger partial charge >= 0.3 is 0 Å². The zero-order chi connectivity index (χ0) is 13.7. The van der Waals surface area contributed by atoms with Gasteiger partial charge in [-0.2, -0.15) is 0 Å². The molecule has 0 N–H and O–H groups in total. The monoisotopic (exact) mass is 285 g/mol. The first kappa shape index (κ1) is 11.9. The van der Waals surface area contributed by atoms with Gasteiger partial charge < -0.3 is 4.52 Å². The summed E-state index contributed by atoms with van der Waals surface area (Å²) in [6.45, 7) is 4.19. The summed E-state index contributed by atoms with van der Waals surface area (Å²) in [6.07, 6.45) is 4.19. The molecule has 0 amide bonds. The van der Waals surface area contributed by atoms with E-state index in [2.05, 4.69) is 35.0 Å². The van der Waals surface area contributed by atoms with Crippen molar-refractivity contribution in [3.8, 4) is 17.1 Å². The Balaban J connectivity index is 1.80. The lowest BCUT2D eigenvalue weighted by Crippen LogP contribution is -1.99. The normalized spacial score (nSPS) is 14.9. The highest BCUT2D eigenvalue weighted by Crippen LogP contribution is 2.43. The van der Waals surface area contributed by atoms with E-state index in [0.717, 1.165) is 22.9 Å². The van der Waals surface area contributed by atoms with Crippen LogP contribution in [0, 0.1) is 13.8 Å². The van der Waals surface area contributed by atoms with Crippen LogP contribution in [0.1, 0.15) is 35.2 Å². The van der Waals surface area contributed by atoms with E-state index in [-0.39, 0.29) is 0 Å². The molecule has 3 aromatic heterocycles. The Labute approximate surface area is 121 Å². The topological polar surface area (TPSA) is 43.9 Å². The Morgan fingerprint density at radius 2 is 2.20 bits per heavy atom. The van der Waals surface area contributed by atoms with Crippen molar-refractivity contribution >= 4 is 11.3 Å². The molecule has 5 heteroatoms. The average Bonchev–Trinajstić information content (AvgIpc) is 2.88. The molecule has 0 bridgehead atoms. The molecular weight excluding hydrogens is 270 g/mol. The van der Waals surface area contributed by atoms with Crippen LogP contribution < -0.4 is 0 Å². The number of nitrogens with zero attached hydrogens (tertiary/aromatic N) is 3. The SMILES string of the molecule is Cc1cc(-c2csc(C3CC3)n2)c(C)n1-c1ccon1. The highest BCUT2D eigenvalue weighted by Gasteiger charge is 2.27. The number of aromatic nitrogens is 3. The summed E-state index contributed by atoms with van der Waals surface area (Å²) in [5.41, 5.74) is 4.57. The van der Waals surface area contributed by atoms with Crippen molar-refractivity contribution in [3.63, 3.8) is 0 Å². The molecule has 3 aromatic rings. The van der Waals surface area contributed by atoms with Gasteiger partial charge in [0, 0.05) is 34.3 Å². The van der Waals surface area contributed by atoms with E-state index in [0.29, 0.717) is 5.92 Å². The van der Waals surface area contributed by atoms with E-state index in [1.165, 1.54) is 23.4 Å². The zero-order valence-electron chi connectivity index (χ0n) is 11.5. The second-order valence-corrected chi connectivity index (χ2v) is 6.21. The number of aryl methyl sites for hydroxylation is 1. The number of rotatable bonds is 3. The summed E-state index contributed by atoms with van der Waals surface area (Å²) in [4.78, 5) is 4.80. The first-order valence-electron chi connectivity index (χ1n) is 6.79. The third-order valence-corrected chi connectivity index (χ3v) is 4.82. The van der Waals surface area contributed by atoms with E-state index in [9.17, 15) is 0 Å². The van der Waals surface area contributed by atoms with Crippen molar-refractivity contribution in [3.05, 3.63) is 40.2 Å². The molecule has 0 spiro atoms. The molecule has 20 heavy (non-hydrogen) atoms. The molecule has 0 aliphatic heterocycles. The first-order chi connectivity index (χ1) is 9.74. The van der Waals surface area contributed by atoms with Crippen molar-refractivity contribution < 1.29 is 4.52 Å². The molecular formula is C15H15N3OS. The minimum Gasteiger partial charge on any atom is -0.363 e. The summed E-state index contributed by atoms with van der Waals surface area (Å²) >= 11 is 1.78. The fourth-order valence-corrected chi connectivity index (χ4v) is 3.62. The smallest absolute Gasteiger partial charge is 0.180 e. The summed E-state index contributed by atoms with van der Waals surface area (Å²) in [5.74, 6) is 1.54. The van der Waals surface area contributed by atoms with Crippen LogP contribution in [-0.2, 0) is 0 Å². The molecule has 1 aliphatic rings. The molecule has 0 atom stereocenters. The lowest BCUT2D eigenvalue weighted by molar-refractivity contribution is 0.416. The van der Waals surface area contributed by atoms with E-state index in [1.54, 1.807) is 17.6 Å². The number of hydrogen-bond acceptors (Lipinski definition) is 4. The summed E-state index contributed by atoms with van der Waals surface area (Å²) < 4.78 is 7.06. The number of hydrogen-bond donors (Lipinski definition) is 0. The van der Waals surface area contributed by atoms with Gasteiger partial charge in [-0.3, -0.25) is 4.57 Å². The summed E-state index contributed by atoms with van der Waals surface area (Å²) in [6, 6.07) is 4.05. The maximum Gasteiger partial charge on any atom is 0.180 e. The minimum atomic E-state index is 0.716. The van der Waals surface area contributed by atoms with Crippen LogP contribution in [0.5, 0.6) is 0 Å². The maximum atomic E-state index is 4.95. The van der Waals surface area contributed by atoms with E-state index in [4.69, 9.17) is 9.51 Å². The van der Waals surface area contributed by atoms with Crippen molar-refractivity contribution in [1.29, 1.82) is 0 Å². The van der Waals surface area contributed by atoms with E-state index in [1.807, 2.05) is 6.07 Å². The predicted octanol–water partition coefficient (Wildman–Crippen LogP) is 4.08. The van der Waals surface area contributed by atoms with Crippen molar-refractivity contribution in [1.82, 2.24) is 14.7 Å². The van der Waals surface area contributed by atoms with E-state index >= 15 is 0 Å². The Hall–Kier alpha value is -1.88. The van der Waals surface area contributed by atoms with Gasteiger partial charge in [0.05, 0.1) is 10.7 Å². The molecule has 102 valence electrons. The molecule has 3 heterocycles. The summed E-state index contributed by atoms with van der Waals surface area (Å²) in [5, 5.41) is 7.48. The molecule has 0 saturated heterocycles. The van der Waals surface area contributed by atoms with Crippen LogP contribution >= 0.6 is 11.3 Å². The van der Waals surface area contributed by atoms with Gasteiger partial charge in [0.1, 0.15) is 6.26 Å². The van der Waals surface area contributed by atoms with Gasteiger partial charge in [-0.05, 0) is 32.8 Å². The fraction of sp³-hybridized carbons (Fsp3) is 0.333. The molecule has 1 saturated carbocycles. The fourth-order valence-electron chi connectivity index (χ4n) is 2.63. The molecule has 0 radical (unpaired) electrons. The Kier molecular flexibility index (Phi) is 2.57. The average molecular weight is 285 g/mol. The third kappa shape index (κ3) is 1.81.